The number of allylic oxidation sites excluding steroid dienone is 1. The summed E-state index contributed by atoms with van der Waals surface area (Å²) < 4.78 is 11.5. The van der Waals surface area contributed by atoms with Crippen LogP contribution in [0.1, 0.15) is 29.3 Å². The van der Waals surface area contributed by atoms with Crippen molar-refractivity contribution in [3.8, 4) is 11.5 Å². The second kappa shape index (κ2) is 9.16. The Morgan fingerprint density at radius 1 is 1.13 bits per heavy atom. The third kappa shape index (κ3) is 5.57. The monoisotopic (exact) mass is 374 g/mol. The molecule has 0 saturated carbocycles. The maximum absolute atomic E-state index is 11.5. The van der Waals surface area contributed by atoms with E-state index in [-0.39, 0.29) is 5.78 Å². The molecule has 0 fully saturated rings. The Morgan fingerprint density at radius 3 is 2.61 bits per heavy atom. The summed E-state index contributed by atoms with van der Waals surface area (Å²) in [6.07, 6.45) is 4.40. The highest BCUT2D eigenvalue weighted by Gasteiger charge is 2.09. The Balaban J connectivity index is 2.14. The van der Waals surface area contributed by atoms with Crippen molar-refractivity contribution < 1.29 is 14.3 Å². The summed E-state index contributed by atoms with van der Waals surface area (Å²) in [5.74, 6) is 1.15. The highest BCUT2D eigenvalue weighted by Crippen LogP contribution is 2.29. The van der Waals surface area contributed by atoms with Crippen LogP contribution in [-0.2, 0) is 6.61 Å². The predicted octanol–water partition coefficient (Wildman–Crippen LogP) is 5.15. The summed E-state index contributed by atoms with van der Waals surface area (Å²) in [4.78, 5) is 11.5. The number of carbonyl (C=O) groups excluding carboxylic acids is 1. The fourth-order valence-corrected chi connectivity index (χ4v) is 2.19. The quantitative estimate of drug-likeness (QED) is 0.364. The normalized spacial score (nSPS) is 10.7. The summed E-state index contributed by atoms with van der Waals surface area (Å²) in [5.41, 5.74) is 1.67. The van der Waals surface area contributed by atoms with Crippen LogP contribution < -0.4 is 9.47 Å². The Hall–Kier alpha value is -2.07. The lowest BCUT2D eigenvalue weighted by Gasteiger charge is -2.12. The van der Waals surface area contributed by atoms with Gasteiger partial charge in [-0.05, 0) is 43.2 Å². The second-order valence-electron chi connectivity index (χ2n) is 4.96. The van der Waals surface area contributed by atoms with Gasteiger partial charge in [-0.15, -0.1) is 0 Å². The molecule has 0 saturated heterocycles. The molecule has 3 nitrogen and oxygen atoms in total. The third-order valence-corrected chi connectivity index (χ3v) is 3.61. The minimum absolute atomic E-state index is 0.00565. The number of rotatable bonds is 8. The van der Waals surface area contributed by atoms with Gasteiger partial charge in [0, 0.05) is 10.9 Å². The number of carbonyl (C=O) groups is 1. The standard InChI is InChI=1S/C19H19BrO3/c1-15(21)17-9-10-18(19(13-17)22-12-6-5-11-20)23-14-16-7-3-2-4-8-16/h2-4,6-10,12-13H,5,11,14H2,1H3. The first-order valence-corrected chi connectivity index (χ1v) is 8.52. The van der Waals surface area contributed by atoms with E-state index in [1.54, 1.807) is 24.5 Å². The maximum Gasteiger partial charge on any atom is 0.169 e. The van der Waals surface area contributed by atoms with Crippen molar-refractivity contribution in [1.82, 2.24) is 0 Å². The minimum atomic E-state index is -0.00565. The summed E-state index contributed by atoms with van der Waals surface area (Å²) in [6.45, 7) is 1.98. The lowest BCUT2D eigenvalue weighted by atomic mass is 10.1. The van der Waals surface area contributed by atoms with E-state index in [0.29, 0.717) is 23.7 Å². The fraction of sp³-hybridized carbons (Fsp3) is 0.211. The van der Waals surface area contributed by atoms with E-state index < -0.39 is 0 Å². The number of halogens is 1. The molecule has 0 aliphatic rings. The van der Waals surface area contributed by atoms with Crippen LogP contribution in [0, 0.1) is 0 Å². The smallest absolute Gasteiger partial charge is 0.169 e. The van der Waals surface area contributed by atoms with E-state index in [0.717, 1.165) is 17.3 Å². The van der Waals surface area contributed by atoms with Gasteiger partial charge in [0.15, 0.2) is 17.3 Å². The highest BCUT2D eigenvalue weighted by molar-refractivity contribution is 9.09. The Morgan fingerprint density at radius 2 is 1.91 bits per heavy atom. The van der Waals surface area contributed by atoms with Gasteiger partial charge in [0.2, 0.25) is 0 Å². The molecule has 0 unspecified atom stereocenters. The van der Waals surface area contributed by atoms with Gasteiger partial charge in [-0.25, -0.2) is 0 Å². The summed E-state index contributed by atoms with van der Waals surface area (Å²) >= 11 is 3.36. The number of hydrogen-bond acceptors (Lipinski definition) is 3. The van der Waals surface area contributed by atoms with Crippen LogP contribution in [0.4, 0.5) is 0 Å². The van der Waals surface area contributed by atoms with Crippen molar-refractivity contribution in [1.29, 1.82) is 0 Å². The Labute approximate surface area is 145 Å². The van der Waals surface area contributed by atoms with Gasteiger partial charge in [-0.1, -0.05) is 46.3 Å². The number of benzene rings is 2. The minimum Gasteiger partial charge on any atom is -0.485 e. The molecule has 0 aliphatic carbocycles. The lowest BCUT2D eigenvalue weighted by Crippen LogP contribution is -1.99. The number of ketones is 1. The maximum atomic E-state index is 11.5. The van der Waals surface area contributed by atoms with E-state index in [2.05, 4.69) is 15.9 Å². The van der Waals surface area contributed by atoms with E-state index in [4.69, 9.17) is 9.47 Å². The largest absolute Gasteiger partial charge is 0.485 e. The lowest BCUT2D eigenvalue weighted by molar-refractivity contribution is 0.101. The number of ether oxygens (including phenoxy) is 2. The summed E-state index contributed by atoms with van der Waals surface area (Å²) in [6, 6.07) is 15.1. The zero-order chi connectivity index (χ0) is 16.5. The first kappa shape index (κ1) is 17.3. The van der Waals surface area contributed by atoms with Gasteiger partial charge < -0.3 is 9.47 Å². The van der Waals surface area contributed by atoms with E-state index in [1.807, 2.05) is 36.4 Å². The third-order valence-electron chi connectivity index (χ3n) is 3.15. The topological polar surface area (TPSA) is 35.5 Å². The Bertz CT molecular complexity index is 666. The molecule has 0 N–H and O–H groups in total. The van der Waals surface area contributed by atoms with Crippen molar-refractivity contribution in [2.45, 2.75) is 20.0 Å². The van der Waals surface area contributed by atoms with Crippen LogP contribution >= 0.6 is 15.9 Å². The van der Waals surface area contributed by atoms with Crippen molar-refractivity contribution in [3.63, 3.8) is 0 Å². The van der Waals surface area contributed by atoms with Gasteiger partial charge >= 0.3 is 0 Å². The number of hydrogen-bond donors (Lipinski definition) is 0. The average Bonchev–Trinajstić information content (AvgIpc) is 2.58. The van der Waals surface area contributed by atoms with Crippen LogP contribution in [0.2, 0.25) is 0 Å². The average molecular weight is 375 g/mol. The molecule has 0 radical (unpaired) electrons. The SMILES string of the molecule is CC(=O)c1ccc(OCc2ccccc2)c(OC=CCCBr)c1. The van der Waals surface area contributed by atoms with Gasteiger partial charge in [0.25, 0.3) is 0 Å². The van der Waals surface area contributed by atoms with Crippen molar-refractivity contribution in [2.24, 2.45) is 0 Å². The molecule has 0 atom stereocenters. The van der Waals surface area contributed by atoms with Crippen molar-refractivity contribution >= 4 is 21.7 Å². The molecule has 2 aromatic carbocycles. The van der Waals surface area contributed by atoms with E-state index in [9.17, 15) is 4.79 Å². The van der Waals surface area contributed by atoms with Crippen LogP contribution in [0.15, 0.2) is 60.9 Å². The Kier molecular flexibility index (Phi) is 6.88. The zero-order valence-electron chi connectivity index (χ0n) is 13.0. The molecular formula is C19H19BrO3. The molecule has 0 amide bonds. The molecule has 120 valence electrons. The molecule has 2 rings (SSSR count). The predicted molar refractivity (Wildman–Crippen MR) is 95.4 cm³/mol. The molecule has 23 heavy (non-hydrogen) atoms. The molecule has 0 spiro atoms. The van der Waals surface area contributed by atoms with E-state index in [1.165, 1.54) is 6.92 Å². The molecule has 0 aliphatic heterocycles. The first-order chi connectivity index (χ1) is 11.2. The van der Waals surface area contributed by atoms with E-state index >= 15 is 0 Å². The molecule has 0 aromatic heterocycles. The van der Waals surface area contributed by atoms with Crippen molar-refractivity contribution in [3.05, 3.63) is 72.0 Å². The van der Waals surface area contributed by atoms with Crippen LogP contribution in [0.3, 0.4) is 0 Å². The highest BCUT2D eigenvalue weighted by atomic mass is 79.9. The molecule has 2 aromatic rings. The second-order valence-corrected chi connectivity index (χ2v) is 5.75. The number of Topliss-reactive ketones (excluding diaryl/α,β-unsaturated/α-hetero) is 1. The first-order valence-electron chi connectivity index (χ1n) is 7.40. The zero-order valence-corrected chi connectivity index (χ0v) is 14.6. The molecule has 0 bridgehead atoms. The van der Waals surface area contributed by atoms with Crippen LogP contribution in [0.25, 0.3) is 0 Å². The fourth-order valence-electron chi connectivity index (χ4n) is 1.93. The van der Waals surface area contributed by atoms with Gasteiger partial charge in [0.1, 0.15) is 6.61 Å². The molecular weight excluding hydrogens is 356 g/mol. The van der Waals surface area contributed by atoms with Gasteiger partial charge in [-0.3, -0.25) is 4.79 Å². The summed E-state index contributed by atoms with van der Waals surface area (Å²) in [7, 11) is 0. The molecule has 4 heteroatoms. The summed E-state index contributed by atoms with van der Waals surface area (Å²) in [5, 5.41) is 0.873. The van der Waals surface area contributed by atoms with Crippen LogP contribution in [-0.4, -0.2) is 11.1 Å². The van der Waals surface area contributed by atoms with Crippen molar-refractivity contribution in [2.75, 3.05) is 5.33 Å². The number of alkyl halides is 1. The van der Waals surface area contributed by atoms with Gasteiger partial charge in [0.05, 0.1) is 6.26 Å². The van der Waals surface area contributed by atoms with Crippen LogP contribution in [0.5, 0.6) is 11.5 Å². The van der Waals surface area contributed by atoms with Gasteiger partial charge in [-0.2, -0.15) is 0 Å². The molecule has 0 heterocycles.